The van der Waals surface area contributed by atoms with Crippen LogP contribution in [0.5, 0.6) is 0 Å². The van der Waals surface area contributed by atoms with Gasteiger partial charge in [-0.25, -0.2) is 0 Å². The molecule has 0 aromatic carbocycles. The Morgan fingerprint density at radius 2 is 1.89 bits per heavy atom. The Bertz CT molecular complexity index is 292. The molecule has 3 aliphatic heterocycles. The molecule has 19 heavy (non-hydrogen) atoms. The zero-order valence-corrected chi connectivity index (χ0v) is 12.9. The second kappa shape index (κ2) is 6.11. The maximum absolute atomic E-state index is 2.84. The summed E-state index contributed by atoms with van der Waals surface area (Å²) in [6, 6.07) is 1.69. The van der Waals surface area contributed by atoms with E-state index in [0.29, 0.717) is 0 Å². The Hall–Kier alpha value is -0.120. The van der Waals surface area contributed by atoms with Crippen LogP contribution in [0, 0.1) is 5.92 Å². The molecule has 0 amide bonds. The van der Waals surface area contributed by atoms with E-state index in [2.05, 4.69) is 28.7 Å². The molecule has 0 aromatic heterocycles. The normalized spacial score (nSPS) is 38.5. The van der Waals surface area contributed by atoms with E-state index in [1.54, 1.807) is 0 Å². The zero-order valence-electron chi connectivity index (χ0n) is 12.9. The SMILES string of the molecule is CCC1CN2CCCCC2CN1CC1CCN(C)C1. The smallest absolute Gasteiger partial charge is 0.0223 e. The highest BCUT2D eigenvalue weighted by Crippen LogP contribution is 2.27. The van der Waals surface area contributed by atoms with Crippen LogP contribution in [0.1, 0.15) is 39.0 Å². The molecule has 0 saturated carbocycles. The molecule has 3 heteroatoms. The summed E-state index contributed by atoms with van der Waals surface area (Å²) in [5.74, 6) is 0.925. The first-order valence-corrected chi connectivity index (χ1v) is 8.43. The lowest BCUT2D eigenvalue weighted by Crippen LogP contribution is -2.60. The second-order valence-corrected chi connectivity index (χ2v) is 7.08. The van der Waals surface area contributed by atoms with Gasteiger partial charge in [-0.1, -0.05) is 13.3 Å². The highest BCUT2D eigenvalue weighted by Gasteiger charge is 2.35. The van der Waals surface area contributed by atoms with Gasteiger partial charge in [0.05, 0.1) is 0 Å². The minimum absolute atomic E-state index is 0.820. The Labute approximate surface area is 118 Å². The number of piperidine rings is 1. The first kappa shape index (κ1) is 13.8. The molecule has 0 bridgehead atoms. The average Bonchev–Trinajstić information content (AvgIpc) is 2.83. The van der Waals surface area contributed by atoms with Crippen LogP contribution < -0.4 is 0 Å². The Morgan fingerprint density at radius 1 is 1.00 bits per heavy atom. The van der Waals surface area contributed by atoms with Gasteiger partial charge in [0, 0.05) is 38.3 Å². The number of fused-ring (bicyclic) bond motifs is 1. The molecule has 110 valence electrons. The van der Waals surface area contributed by atoms with Crippen LogP contribution in [0.2, 0.25) is 0 Å². The van der Waals surface area contributed by atoms with Gasteiger partial charge in [0.25, 0.3) is 0 Å². The summed E-state index contributed by atoms with van der Waals surface area (Å²) in [7, 11) is 2.27. The van der Waals surface area contributed by atoms with Crippen LogP contribution in [-0.4, -0.2) is 73.1 Å². The third-order valence-corrected chi connectivity index (χ3v) is 5.61. The number of piperazine rings is 1. The lowest BCUT2D eigenvalue weighted by atomic mass is 9.94. The fourth-order valence-corrected chi connectivity index (χ4v) is 4.43. The van der Waals surface area contributed by atoms with Crippen molar-refractivity contribution >= 4 is 0 Å². The van der Waals surface area contributed by atoms with Gasteiger partial charge in [-0.15, -0.1) is 0 Å². The molecule has 3 rings (SSSR count). The lowest BCUT2D eigenvalue weighted by Gasteiger charge is -2.49. The summed E-state index contributed by atoms with van der Waals surface area (Å²) in [4.78, 5) is 8.13. The van der Waals surface area contributed by atoms with Gasteiger partial charge in [0.1, 0.15) is 0 Å². The van der Waals surface area contributed by atoms with E-state index in [9.17, 15) is 0 Å². The molecule has 0 aromatic rings. The second-order valence-electron chi connectivity index (χ2n) is 7.08. The molecule has 0 aliphatic carbocycles. The molecule has 3 saturated heterocycles. The lowest BCUT2D eigenvalue weighted by molar-refractivity contribution is 0.000809. The highest BCUT2D eigenvalue weighted by molar-refractivity contribution is 4.91. The monoisotopic (exact) mass is 265 g/mol. The molecule has 3 aliphatic rings. The molecular formula is C16H31N3. The standard InChI is InChI=1S/C16H31N3/c1-3-15-12-18-8-5-4-6-16(18)13-19(15)11-14-7-9-17(2)10-14/h14-16H,3-13H2,1-2H3. The predicted molar refractivity (Wildman–Crippen MR) is 80.5 cm³/mol. The highest BCUT2D eigenvalue weighted by atomic mass is 15.3. The fourth-order valence-electron chi connectivity index (χ4n) is 4.43. The van der Waals surface area contributed by atoms with Crippen molar-refractivity contribution in [2.45, 2.75) is 51.1 Å². The third kappa shape index (κ3) is 3.14. The van der Waals surface area contributed by atoms with Crippen LogP contribution in [0.4, 0.5) is 0 Å². The zero-order chi connectivity index (χ0) is 13.2. The summed E-state index contributed by atoms with van der Waals surface area (Å²) in [5, 5.41) is 0. The van der Waals surface area contributed by atoms with E-state index in [1.807, 2.05) is 0 Å². The minimum atomic E-state index is 0.820. The maximum Gasteiger partial charge on any atom is 0.0223 e. The van der Waals surface area contributed by atoms with Gasteiger partial charge in [0.15, 0.2) is 0 Å². The van der Waals surface area contributed by atoms with Crippen molar-refractivity contribution in [2.75, 3.05) is 46.3 Å². The number of hydrogen-bond donors (Lipinski definition) is 0. The van der Waals surface area contributed by atoms with Crippen molar-refractivity contribution in [1.29, 1.82) is 0 Å². The van der Waals surface area contributed by atoms with E-state index in [4.69, 9.17) is 0 Å². The molecule has 3 unspecified atom stereocenters. The predicted octanol–water partition coefficient (Wildman–Crippen LogP) is 1.89. The molecule has 3 heterocycles. The first-order chi connectivity index (χ1) is 9.26. The number of hydrogen-bond acceptors (Lipinski definition) is 3. The summed E-state index contributed by atoms with van der Waals surface area (Å²) < 4.78 is 0. The van der Waals surface area contributed by atoms with E-state index < -0.39 is 0 Å². The molecule has 0 N–H and O–H groups in total. The van der Waals surface area contributed by atoms with Crippen LogP contribution in [-0.2, 0) is 0 Å². The van der Waals surface area contributed by atoms with Crippen LogP contribution in [0.3, 0.4) is 0 Å². The summed E-state index contributed by atoms with van der Waals surface area (Å²) in [6.07, 6.45) is 7.07. The maximum atomic E-state index is 2.84. The van der Waals surface area contributed by atoms with Crippen LogP contribution in [0.15, 0.2) is 0 Å². The number of nitrogens with zero attached hydrogens (tertiary/aromatic N) is 3. The molecular weight excluding hydrogens is 234 g/mol. The third-order valence-electron chi connectivity index (χ3n) is 5.61. The van der Waals surface area contributed by atoms with Gasteiger partial charge in [0.2, 0.25) is 0 Å². The van der Waals surface area contributed by atoms with E-state index >= 15 is 0 Å². The first-order valence-electron chi connectivity index (χ1n) is 8.43. The largest absolute Gasteiger partial charge is 0.306 e. The van der Waals surface area contributed by atoms with Gasteiger partial charge in [-0.3, -0.25) is 9.80 Å². The quantitative estimate of drug-likeness (QED) is 0.771. The van der Waals surface area contributed by atoms with E-state index in [-0.39, 0.29) is 0 Å². The van der Waals surface area contributed by atoms with E-state index in [1.165, 1.54) is 71.4 Å². The Balaban J connectivity index is 1.59. The van der Waals surface area contributed by atoms with Crippen molar-refractivity contribution in [1.82, 2.24) is 14.7 Å². The van der Waals surface area contributed by atoms with Gasteiger partial charge in [-0.2, -0.15) is 0 Å². The van der Waals surface area contributed by atoms with Crippen molar-refractivity contribution in [2.24, 2.45) is 5.92 Å². The Morgan fingerprint density at radius 3 is 2.63 bits per heavy atom. The molecule has 3 atom stereocenters. The number of likely N-dealkylation sites (tertiary alicyclic amines) is 1. The van der Waals surface area contributed by atoms with Crippen molar-refractivity contribution in [3.05, 3.63) is 0 Å². The van der Waals surface area contributed by atoms with Crippen molar-refractivity contribution in [3.63, 3.8) is 0 Å². The average molecular weight is 265 g/mol. The van der Waals surface area contributed by atoms with Crippen LogP contribution >= 0.6 is 0 Å². The van der Waals surface area contributed by atoms with Crippen molar-refractivity contribution < 1.29 is 0 Å². The molecule has 0 radical (unpaired) electrons. The fraction of sp³-hybridized carbons (Fsp3) is 1.00. The van der Waals surface area contributed by atoms with Crippen LogP contribution in [0.25, 0.3) is 0 Å². The van der Waals surface area contributed by atoms with Gasteiger partial charge < -0.3 is 4.90 Å². The summed E-state index contributed by atoms with van der Waals surface area (Å²) in [6.45, 7) is 10.4. The molecule has 0 spiro atoms. The summed E-state index contributed by atoms with van der Waals surface area (Å²) in [5.41, 5.74) is 0. The van der Waals surface area contributed by atoms with E-state index in [0.717, 1.165) is 18.0 Å². The summed E-state index contributed by atoms with van der Waals surface area (Å²) >= 11 is 0. The van der Waals surface area contributed by atoms with Gasteiger partial charge in [-0.05, 0) is 51.7 Å². The Kier molecular flexibility index (Phi) is 4.45. The minimum Gasteiger partial charge on any atom is -0.306 e. The number of rotatable bonds is 3. The van der Waals surface area contributed by atoms with Gasteiger partial charge >= 0.3 is 0 Å². The topological polar surface area (TPSA) is 9.72 Å². The molecule has 3 fully saturated rings. The van der Waals surface area contributed by atoms with Crippen molar-refractivity contribution in [3.8, 4) is 0 Å². The molecule has 3 nitrogen and oxygen atoms in total.